The summed E-state index contributed by atoms with van der Waals surface area (Å²) in [5, 5.41) is 4.24. The number of nitrogens with zero attached hydrogens (tertiary/aromatic N) is 7. The van der Waals surface area contributed by atoms with Gasteiger partial charge in [0.15, 0.2) is 0 Å². The van der Waals surface area contributed by atoms with Crippen LogP contribution in [0.15, 0.2) is 24.7 Å². The first-order valence-corrected chi connectivity index (χ1v) is 9.76. The summed E-state index contributed by atoms with van der Waals surface area (Å²) in [4.78, 5) is 28.4. The number of amides is 1. The first-order chi connectivity index (χ1) is 13.2. The van der Waals surface area contributed by atoms with Gasteiger partial charge in [-0.1, -0.05) is 0 Å². The molecular formula is C19H27N7O. The molecule has 2 aromatic rings. The summed E-state index contributed by atoms with van der Waals surface area (Å²) in [6.45, 7) is 6.18. The van der Waals surface area contributed by atoms with E-state index in [2.05, 4.69) is 31.1 Å². The van der Waals surface area contributed by atoms with Crippen LogP contribution in [0, 0.1) is 0 Å². The molecule has 27 heavy (non-hydrogen) atoms. The highest BCUT2D eigenvalue weighted by atomic mass is 16.2. The summed E-state index contributed by atoms with van der Waals surface area (Å²) in [5.41, 5.74) is 1.72. The lowest BCUT2D eigenvalue weighted by atomic mass is 10.3. The summed E-state index contributed by atoms with van der Waals surface area (Å²) >= 11 is 0. The highest BCUT2D eigenvalue weighted by Gasteiger charge is 2.23. The zero-order valence-electron chi connectivity index (χ0n) is 15.9. The molecule has 0 saturated carbocycles. The molecule has 2 aliphatic heterocycles. The molecule has 0 radical (unpaired) electrons. The van der Waals surface area contributed by atoms with Crippen LogP contribution in [-0.4, -0.2) is 74.7 Å². The molecule has 8 nitrogen and oxygen atoms in total. The van der Waals surface area contributed by atoms with Crippen LogP contribution >= 0.6 is 0 Å². The SMILES string of the molecule is Cn1cc(CN2CCCN(C(=O)c3ccnc(N4CCCC4)n3)CC2)cn1. The van der Waals surface area contributed by atoms with Gasteiger partial charge in [0.05, 0.1) is 6.20 Å². The third kappa shape index (κ3) is 4.27. The minimum Gasteiger partial charge on any atom is -0.341 e. The average Bonchev–Trinajstić information content (AvgIpc) is 3.30. The zero-order valence-corrected chi connectivity index (χ0v) is 15.9. The molecule has 0 unspecified atom stereocenters. The van der Waals surface area contributed by atoms with Gasteiger partial charge in [-0.15, -0.1) is 0 Å². The van der Waals surface area contributed by atoms with Crippen molar-refractivity contribution in [2.75, 3.05) is 44.2 Å². The van der Waals surface area contributed by atoms with Crippen molar-refractivity contribution in [3.05, 3.63) is 35.9 Å². The Balaban J connectivity index is 1.38. The fourth-order valence-electron chi connectivity index (χ4n) is 3.84. The lowest BCUT2D eigenvalue weighted by molar-refractivity contribution is 0.0755. The van der Waals surface area contributed by atoms with E-state index in [0.717, 1.165) is 52.2 Å². The number of hydrogen-bond donors (Lipinski definition) is 0. The maximum absolute atomic E-state index is 13.0. The Bertz CT molecular complexity index is 784. The molecule has 2 saturated heterocycles. The predicted octanol–water partition coefficient (Wildman–Crippen LogP) is 1.16. The van der Waals surface area contributed by atoms with Gasteiger partial charge in [0.1, 0.15) is 5.69 Å². The lowest BCUT2D eigenvalue weighted by Gasteiger charge is -2.22. The zero-order chi connectivity index (χ0) is 18.6. The molecule has 2 aromatic heterocycles. The maximum Gasteiger partial charge on any atom is 0.272 e. The summed E-state index contributed by atoms with van der Waals surface area (Å²) in [6.07, 6.45) is 8.97. The highest BCUT2D eigenvalue weighted by molar-refractivity contribution is 5.92. The van der Waals surface area contributed by atoms with Crippen LogP contribution in [0.1, 0.15) is 35.3 Å². The van der Waals surface area contributed by atoms with E-state index >= 15 is 0 Å². The van der Waals surface area contributed by atoms with Crippen molar-refractivity contribution >= 4 is 11.9 Å². The number of aryl methyl sites for hydroxylation is 1. The molecule has 0 atom stereocenters. The summed E-state index contributed by atoms with van der Waals surface area (Å²) in [5.74, 6) is 0.701. The van der Waals surface area contributed by atoms with Crippen LogP contribution in [0.3, 0.4) is 0 Å². The second-order valence-corrected chi connectivity index (χ2v) is 7.38. The molecule has 1 amide bonds. The van der Waals surface area contributed by atoms with E-state index in [0.29, 0.717) is 11.6 Å². The molecule has 2 aliphatic rings. The van der Waals surface area contributed by atoms with Gasteiger partial charge in [0.2, 0.25) is 5.95 Å². The Kier molecular flexibility index (Phi) is 5.33. The summed E-state index contributed by atoms with van der Waals surface area (Å²) in [7, 11) is 1.93. The van der Waals surface area contributed by atoms with E-state index in [1.54, 1.807) is 12.3 Å². The van der Waals surface area contributed by atoms with Crippen molar-refractivity contribution in [2.24, 2.45) is 7.05 Å². The van der Waals surface area contributed by atoms with Gasteiger partial charge >= 0.3 is 0 Å². The van der Waals surface area contributed by atoms with Crippen LogP contribution in [0.5, 0.6) is 0 Å². The Morgan fingerprint density at radius 2 is 1.93 bits per heavy atom. The maximum atomic E-state index is 13.0. The van der Waals surface area contributed by atoms with Crippen LogP contribution in [0.4, 0.5) is 5.95 Å². The Labute approximate surface area is 159 Å². The second kappa shape index (κ2) is 8.04. The van der Waals surface area contributed by atoms with Gasteiger partial charge in [-0.3, -0.25) is 14.4 Å². The van der Waals surface area contributed by atoms with Crippen molar-refractivity contribution in [2.45, 2.75) is 25.8 Å². The predicted molar refractivity (Wildman–Crippen MR) is 102 cm³/mol. The van der Waals surface area contributed by atoms with Crippen molar-refractivity contribution in [1.29, 1.82) is 0 Å². The molecule has 4 heterocycles. The molecule has 8 heteroatoms. The Morgan fingerprint density at radius 1 is 1.07 bits per heavy atom. The van der Waals surface area contributed by atoms with Crippen LogP contribution in [-0.2, 0) is 13.6 Å². The molecule has 144 valence electrons. The van der Waals surface area contributed by atoms with Crippen molar-refractivity contribution in [3.8, 4) is 0 Å². The number of aromatic nitrogens is 4. The fraction of sp³-hybridized carbons (Fsp3) is 0.579. The molecule has 0 aliphatic carbocycles. The largest absolute Gasteiger partial charge is 0.341 e. The molecule has 0 aromatic carbocycles. The molecular weight excluding hydrogens is 342 g/mol. The van der Waals surface area contributed by atoms with Gasteiger partial charge in [-0.05, 0) is 25.3 Å². The topological polar surface area (TPSA) is 70.4 Å². The first-order valence-electron chi connectivity index (χ1n) is 9.76. The second-order valence-electron chi connectivity index (χ2n) is 7.38. The summed E-state index contributed by atoms with van der Waals surface area (Å²) in [6, 6.07) is 1.74. The third-order valence-electron chi connectivity index (χ3n) is 5.29. The van der Waals surface area contributed by atoms with E-state index < -0.39 is 0 Å². The molecule has 0 N–H and O–H groups in total. The third-order valence-corrected chi connectivity index (χ3v) is 5.29. The van der Waals surface area contributed by atoms with Crippen LogP contribution in [0.25, 0.3) is 0 Å². The number of carbonyl (C=O) groups excluding carboxylic acids is 1. The van der Waals surface area contributed by atoms with E-state index in [9.17, 15) is 4.79 Å². The smallest absolute Gasteiger partial charge is 0.272 e. The highest BCUT2D eigenvalue weighted by Crippen LogP contribution is 2.16. The lowest BCUT2D eigenvalue weighted by Crippen LogP contribution is -2.35. The minimum atomic E-state index is 0.0149. The minimum absolute atomic E-state index is 0.0149. The standard InChI is InChI=1S/C19H27N7O/c1-23-14-16(13-21-23)15-24-7-4-10-25(12-11-24)18(27)17-5-6-20-19(22-17)26-8-2-3-9-26/h5-6,13-14H,2-4,7-12,15H2,1H3. The Morgan fingerprint density at radius 3 is 2.70 bits per heavy atom. The van der Waals surface area contributed by atoms with E-state index in [1.807, 2.05) is 22.8 Å². The number of anilines is 1. The van der Waals surface area contributed by atoms with E-state index in [-0.39, 0.29) is 5.91 Å². The Hall–Kier alpha value is -2.48. The van der Waals surface area contributed by atoms with Crippen molar-refractivity contribution in [1.82, 2.24) is 29.5 Å². The quantitative estimate of drug-likeness (QED) is 0.805. The monoisotopic (exact) mass is 369 g/mol. The van der Waals surface area contributed by atoms with Gasteiger partial charge in [0.25, 0.3) is 5.91 Å². The normalized spacial score (nSPS) is 18.7. The van der Waals surface area contributed by atoms with Crippen LogP contribution in [0.2, 0.25) is 0 Å². The van der Waals surface area contributed by atoms with Gasteiger partial charge in [0, 0.05) is 70.8 Å². The molecule has 4 rings (SSSR count). The van der Waals surface area contributed by atoms with E-state index in [4.69, 9.17) is 0 Å². The average molecular weight is 369 g/mol. The van der Waals surface area contributed by atoms with Crippen molar-refractivity contribution < 1.29 is 4.79 Å². The van der Waals surface area contributed by atoms with Gasteiger partial charge in [-0.25, -0.2) is 9.97 Å². The molecule has 2 fully saturated rings. The van der Waals surface area contributed by atoms with Crippen molar-refractivity contribution in [3.63, 3.8) is 0 Å². The number of hydrogen-bond acceptors (Lipinski definition) is 6. The van der Waals surface area contributed by atoms with Crippen LogP contribution < -0.4 is 4.90 Å². The molecule has 0 bridgehead atoms. The first kappa shape index (κ1) is 17.9. The van der Waals surface area contributed by atoms with Gasteiger partial charge < -0.3 is 9.80 Å². The van der Waals surface area contributed by atoms with Gasteiger partial charge in [-0.2, -0.15) is 5.10 Å². The number of rotatable bonds is 4. The summed E-state index contributed by atoms with van der Waals surface area (Å²) < 4.78 is 1.83. The fourth-order valence-corrected chi connectivity index (χ4v) is 3.84. The van der Waals surface area contributed by atoms with E-state index in [1.165, 1.54) is 18.4 Å². The number of carbonyl (C=O) groups is 1. The molecule has 0 spiro atoms.